The van der Waals surface area contributed by atoms with E-state index in [2.05, 4.69) is 54.9 Å². The molecule has 0 saturated carbocycles. The normalized spacial score (nSPS) is 14.9. The van der Waals surface area contributed by atoms with Crippen molar-refractivity contribution in [1.29, 1.82) is 0 Å². The molecule has 1 rings (SSSR count). The minimum atomic E-state index is 0.172. The Hall–Kier alpha value is 0.01000. The van der Waals surface area contributed by atoms with E-state index >= 15 is 0 Å². The van der Waals surface area contributed by atoms with E-state index in [4.69, 9.17) is 5.73 Å². The number of nitrogens with two attached hydrogens (primary N) is 1. The van der Waals surface area contributed by atoms with Gasteiger partial charge in [0.2, 0.25) is 0 Å². The zero-order valence-electron chi connectivity index (χ0n) is 10.8. The summed E-state index contributed by atoms with van der Waals surface area (Å²) in [4.78, 5) is 0. The van der Waals surface area contributed by atoms with Gasteiger partial charge in [-0.05, 0) is 36.6 Å². The van der Waals surface area contributed by atoms with Crippen molar-refractivity contribution in [3.05, 3.63) is 34.3 Å². The van der Waals surface area contributed by atoms with Crippen LogP contribution in [0.15, 0.2) is 28.7 Å². The van der Waals surface area contributed by atoms with Crippen LogP contribution in [-0.4, -0.2) is 11.8 Å². The second-order valence-electron chi connectivity index (χ2n) is 4.85. The molecule has 3 heteroatoms. The van der Waals surface area contributed by atoms with E-state index in [1.807, 2.05) is 17.8 Å². The molecular weight excluding hydrogens is 294 g/mol. The van der Waals surface area contributed by atoms with Crippen LogP contribution in [-0.2, 0) is 0 Å². The third-order valence-electron chi connectivity index (χ3n) is 2.68. The number of benzene rings is 1. The molecule has 96 valence electrons. The van der Waals surface area contributed by atoms with E-state index in [1.165, 1.54) is 22.2 Å². The van der Waals surface area contributed by atoms with Gasteiger partial charge in [-0.25, -0.2) is 0 Å². The summed E-state index contributed by atoms with van der Waals surface area (Å²) in [5, 5.41) is 0.379. The molecule has 0 fully saturated rings. The maximum atomic E-state index is 6.11. The molecule has 0 aliphatic carbocycles. The standard InChI is InChI=1S/C14H22BrNS/c1-10(2)8-9-17-14(11(3)16)12-6-4-5-7-13(12)15/h4-7,10-11,14H,8-9,16H2,1-3H3. The predicted molar refractivity (Wildman–Crippen MR) is 82.4 cm³/mol. The lowest BCUT2D eigenvalue weighted by atomic mass is 10.1. The lowest BCUT2D eigenvalue weighted by molar-refractivity contribution is 0.629. The highest BCUT2D eigenvalue weighted by Gasteiger charge is 2.18. The zero-order valence-corrected chi connectivity index (χ0v) is 13.2. The fraction of sp³-hybridized carbons (Fsp3) is 0.571. The Kier molecular flexibility index (Phi) is 6.60. The molecule has 0 spiro atoms. The molecule has 1 aromatic rings. The molecule has 0 bridgehead atoms. The van der Waals surface area contributed by atoms with E-state index in [1.54, 1.807) is 0 Å². The Morgan fingerprint density at radius 1 is 1.24 bits per heavy atom. The summed E-state index contributed by atoms with van der Waals surface area (Å²) in [6.45, 7) is 6.62. The Labute approximate surface area is 118 Å². The number of hydrogen-bond donors (Lipinski definition) is 1. The molecule has 2 atom stereocenters. The maximum Gasteiger partial charge on any atom is 0.0456 e. The molecule has 0 aliphatic rings. The summed E-state index contributed by atoms with van der Waals surface area (Å²) < 4.78 is 1.17. The van der Waals surface area contributed by atoms with Crippen molar-refractivity contribution >= 4 is 27.7 Å². The van der Waals surface area contributed by atoms with E-state index in [9.17, 15) is 0 Å². The summed E-state index contributed by atoms with van der Waals surface area (Å²) in [6, 6.07) is 8.56. The van der Waals surface area contributed by atoms with Crippen molar-refractivity contribution in [2.24, 2.45) is 11.7 Å². The van der Waals surface area contributed by atoms with E-state index in [-0.39, 0.29) is 6.04 Å². The average Bonchev–Trinajstić information content (AvgIpc) is 2.25. The lowest BCUT2D eigenvalue weighted by Gasteiger charge is -2.22. The molecule has 2 N–H and O–H groups in total. The highest BCUT2D eigenvalue weighted by atomic mass is 79.9. The van der Waals surface area contributed by atoms with Crippen LogP contribution >= 0.6 is 27.7 Å². The molecule has 1 aromatic carbocycles. The van der Waals surface area contributed by atoms with Gasteiger partial charge in [0.1, 0.15) is 0 Å². The monoisotopic (exact) mass is 315 g/mol. The van der Waals surface area contributed by atoms with Gasteiger partial charge in [0, 0.05) is 15.8 Å². The summed E-state index contributed by atoms with van der Waals surface area (Å²) in [6.07, 6.45) is 1.25. The van der Waals surface area contributed by atoms with Crippen LogP contribution in [0.3, 0.4) is 0 Å². The first-order valence-electron chi connectivity index (χ1n) is 6.14. The maximum absolute atomic E-state index is 6.11. The summed E-state index contributed by atoms with van der Waals surface area (Å²) in [7, 11) is 0. The molecule has 0 saturated heterocycles. The third-order valence-corrected chi connectivity index (χ3v) is 4.92. The minimum Gasteiger partial charge on any atom is -0.327 e. The van der Waals surface area contributed by atoms with Crippen LogP contribution in [0, 0.1) is 5.92 Å². The van der Waals surface area contributed by atoms with Crippen molar-refractivity contribution < 1.29 is 0 Å². The Morgan fingerprint density at radius 2 is 1.88 bits per heavy atom. The fourth-order valence-corrected chi connectivity index (χ4v) is 3.89. The minimum absolute atomic E-state index is 0.172. The first-order valence-corrected chi connectivity index (χ1v) is 7.98. The van der Waals surface area contributed by atoms with Gasteiger partial charge in [-0.3, -0.25) is 0 Å². The van der Waals surface area contributed by atoms with Crippen LogP contribution < -0.4 is 5.73 Å². The largest absolute Gasteiger partial charge is 0.327 e. The van der Waals surface area contributed by atoms with Gasteiger partial charge in [0.05, 0.1) is 0 Å². The van der Waals surface area contributed by atoms with Gasteiger partial charge in [0.15, 0.2) is 0 Å². The summed E-state index contributed by atoms with van der Waals surface area (Å²) >= 11 is 5.59. The van der Waals surface area contributed by atoms with Crippen LogP contribution in [0.5, 0.6) is 0 Å². The van der Waals surface area contributed by atoms with Gasteiger partial charge in [-0.2, -0.15) is 11.8 Å². The molecule has 0 heterocycles. The molecular formula is C14H22BrNS. The van der Waals surface area contributed by atoms with Crippen LogP contribution in [0.2, 0.25) is 0 Å². The molecule has 0 aliphatic heterocycles. The lowest BCUT2D eigenvalue weighted by Crippen LogP contribution is -2.23. The second-order valence-corrected chi connectivity index (χ2v) is 6.96. The number of hydrogen-bond acceptors (Lipinski definition) is 2. The quantitative estimate of drug-likeness (QED) is 0.829. The number of rotatable bonds is 6. The van der Waals surface area contributed by atoms with Crippen LogP contribution in [0.25, 0.3) is 0 Å². The van der Waals surface area contributed by atoms with E-state index in [0.717, 1.165) is 5.92 Å². The van der Waals surface area contributed by atoms with Crippen molar-refractivity contribution in [2.75, 3.05) is 5.75 Å². The van der Waals surface area contributed by atoms with Crippen molar-refractivity contribution in [2.45, 2.75) is 38.5 Å². The van der Waals surface area contributed by atoms with Crippen LogP contribution in [0.1, 0.15) is 38.0 Å². The first kappa shape index (κ1) is 15.1. The van der Waals surface area contributed by atoms with Gasteiger partial charge in [-0.1, -0.05) is 48.0 Å². The van der Waals surface area contributed by atoms with E-state index < -0.39 is 0 Å². The number of thioether (sulfide) groups is 1. The Balaban J connectivity index is 2.69. The molecule has 0 radical (unpaired) electrons. The van der Waals surface area contributed by atoms with Crippen LogP contribution in [0.4, 0.5) is 0 Å². The predicted octanol–water partition coefficient (Wildman–Crippen LogP) is 4.62. The van der Waals surface area contributed by atoms with Crippen molar-refractivity contribution in [3.63, 3.8) is 0 Å². The van der Waals surface area contributed by atoms with Gasteiger partial charge in [0.25, 0.3) is 0 Å². The second kappa shape index (κ2) is 7.45. The highest BCUT2D eigenvalue weighted by Crippen LogP contribution is 2.36. The van der Waals surface area contributed by atoms with Gasteiger partial charge in [-0.15, -0.1) is 0 Å². The third kappa shape index (κ3) is 5.02. The van der Waals surface area contributed by atoms with Crippen molar-refractivity contribution in [1.82, 2.24) is 0 Å². The molecule has 0 aromatic heterocycles. The Morgan fingerprint density at radius 3 is 2.41 bits per heavy atom. The molecule has 2 unspecified atom stereocenters. The summed E-state index contributed by atoms with van der Waals surface area (Å²) in [5.41, 5.74) is 7.43. The smallest absolute Gasteiger partial charge is 0.0456 e. The average molecular weight is 316 g/mol. The van der Waals surface area contributed by atoms with Gasteiger partial charge >= 0.3 is 0 Å². The molecule has 1 nitrogen and oxygen atoms in total. The summed E-state index contributed by atoms with van der Waals surface area (Å²) in [5.74, 6) is 1.93. The Bertz CT molecular complexity index is 339. The molecule has 17 heavy (non-hydrogen) atoms. The van der Waals surface area contributed by atoms with Gasteiger partial charge < -0.3 is 5.73 Å². The number of halogens is 1. The fourth-order valence-electron chi connectivity index (χ4n) is 1.66. The zero-order chi connectivity index (χ0) is 12.8. The van der Waals surface area contributed by atoms with Crippen molar-refractivity contribution in [3.8, 4) is 0 Å². The first-order chi connectivity index (χ1) is 8.02. The molecule has 0 amide bonds. The van der Waals surface area contributed by atoms with E-state index in [0.29, 0.717) is 5.25 Å². The highest BCUT2D eigenvalue weighted by molar-refractivity contribution is 9.10. The topological polar surface area (TPSA) is 26.0 Å². The SMILES string of the molecule is CC(C)CCSC(c1ccccc1Br)C(C)N.